The summed E-state index contributed by atoms with van der Waals surface area (Å²) in [5, 5.41) is 2.13. The van der Waals surface area contributed by atoms with Crippen LogP contribution in [0.4, 0.5) is 0 Å². The van der Waals surface area contributed by atoms with E-state index in [4.69, 9.17) is 5.73 Å². The molecule has 108 valence electrons. The van der Waals surface area contributed by atoms with Gasteiger partial charge >= 0.3 is 0 Å². The van der Waals surface area contributed by atoms with E-state index in [0.717, 1.165) is 17.4 Å². The molecule has 1 aromatic carbocycles. The van der Waals surface area contributed by atoms with E-state index in [1.165, 1.54) is 10.4 Å². The molecule has 2 N–H and O–H groups in total. The number of thiophene rings is 1. The molecule has 2 rings (SSSR count). The van der Waals surface area contributed by atoms with Crippen LogP contribution in [0.25, 0.3) is 0 Å². The van der Waals surface area contributed by atoms with Gasteiger partial charge in [0.1, 0.15) is 0 Å². The SMILES string of the molecule is CCC(N)C(c1cc(Br)cs1)N(C)Cc1ccccc1. The highest BCUT2D eigenvalue weighted by molar-refractivity contribution is 9.10. The van der Waals surface area contributed by atoms with Crippen LogP contribution in [-0.2, 0) is 6.54 Å². The standard InChI is InChI=1S/C16H21BrN2S/c1-3-14(18)16(15-9-13(17)11-20-15)19(2)10-12-7-5-4-6-8-12/h4-9,11,14,16H,3,10,18H2,1-2H3. The molecule has 0 amide bonds. The summed E-state index contributed by atoms with van der Waals surface area (Å²) in [6.45, 7) is 3.06. The Balaban J connectivity index is 2.18. The lowest BCUT2D eigenvalue weighted by Gasteiger charge is -2.31. The maximum absolute atomic E-state index is 6.36. The molecule has 0 saturated heterocycles. The van der Waals surface area contributed by atoms with Crippen molar-refractivity contribution in [2.75, 3.05) is 7.05 Å². The molecule has 0 saturated carbocycles. The van der Waals surface area contributed by atoms with Gasteiger partial charge in [-0.15, -0.1) is 11.3 Å². The zero-order chi connectivity index (χ0) is 14.5. The predicted octanol–water partition coefficient (Wildman–Crippen LogP) is 4.42. The quantitative estimate of drug-likeness (QED) is 0.833. The Kier molecular flexibility index (Phi) is 5.78. The number of rotatable bonds is 6. The van der Waals surface area contributed by atoms with Crippen LogP contribution >= 0.6 is 27.3 Å². The van der Waals surface area contributed by atoms with Crippen LogP contribution in [0.3, 0.4) is 0 Å². The van der Waals surface area contributed by atoms with E-state index in [9.17, 15) is 0 Å². The van der Waals surface area contributed by atoms with E-state index < -0.39 is 0 Å². The molecule has 2 unspecified atom stereocenters. The van der Waals surface area contributed by atoms with E-state index in [1.54, 1.807) is 11.3 Å². The minimum atomic E-state index is 0.147. The third-order valence-corrected chi connectivity index (χ3v) is 5.27. The highest BCUT2D eigenvalue weighted by Crippen LogP contribution is 2.32. The predicted molar refractivity (Wildman–Crippen MR) is 90.9 cm³/mol. The lowest BCUT2D eigenvalue weighted by molar-refractivity contribution is 0.205. The first-order chi connectivity index (χ1) is 9.61. The summed E-state index contributed by atoms with van der Waals surface area (Å²) in [5.41, 5.74) is 7.68. The zero-order valence-corrected chi connectivity index (χ0v) is 14.3. The summed E-state index contributed by atoms with van der Waals surface area (Å²) in [5.74, 6) is 0. The number of benzene rings is 1. The second-order valence-electron chi connectivity index (χ2n) is 5.08. The number of hydrogen-bond donors (Lipinski definition) is 1. The molecule has 2 aromatic rings. The van der Waals surface area contributed by atoms with E-state index in [0.29, 0.717) is 0 Å². The number of nitrogens with zero attached hydrogens (tertiary/aromatic N) is 1. The summed E-state index contributed by atoms with van der Waals surface area (Å²) in [7, 11) is 2.15. The van der Waals surface area contributed by atoms with Crippen LogP contribution in [0.15, 0.2) is 46.3 Å². The van der Waals surface area contributed by atoms with Crippen molar-refractivity contribution in [3.05, 3.63) is 56.7 Å². The van der Waals surface area contributed by atoms with E-state index in [-0.39, 0.29) is 12.1 Å². The van der Waals surface area contributed by atoms with Gasteiger partial charge in [-0.1, -0.05) is 37.3 Å². The number of likely N-dealkylation sites (N-methyl/N-ethyl adjacent to an activating group) is 1. The summed E-state index contributed by atoms with van der Waals surface area (Å²) in [6, 6.07) is 13.1. The largest absolute Gasteiger partial charge is 0.326 e. The molecule has 1 aromatic heterocycles. The fourth-order valence-corrected chi connectivity index (χ4v) is 4.12. The minimum Gasteiger partial charge on any atom is -0.326 e. The Morgan fingerprint density at radius 2 is 2.00 bits per heavy atom. The van der Waals surface area contributed by atoms with Crippen molar-refractivity contribution in [3.63, 3.8) is 0 Å². The average molecular weight is 353 g/mol. The van der Waals surface area contributed by atoms with Crippen LogP contribution in [0.1, 0.15) is 29.8 Å². The summed E-state index contributed by atoms with van der Waals surface area (Å²) < 4.78 is 1.14. The normalized spacial score (nSPS) is 14.4. The first kappa shape index (κ1) is 15.7. The summed E-state index contributed by atoms with van der Waals surface area (Å²) >= 11 is 5.31. The van der Waals surface area contributed by atoms with E-state index in [1.807, 2.05) is 0 Å². The Morgan fingerprint density at radius 3 is 2.55 bits per heavy atom. The van der Waals surface area contributed by atoms with Crippen molar-refractivity contribution in [1.82, 2.24) is 4.90 Å². The van der Waals surface area contributed by atoms with Crippen molar-refractivity contribution in [1.29, 1.82) is 0 Å². The van der Waals surface area contributed by atoms with Crippen LogP contribution < -0.4 is 5.73 Å². The van der Waals surface area contributed by atoms with Crippen LogP contribution in [0, 0.1) is 0 Å². The molecular weight excluding hydrogens is 332 g/mol. The van der Waals surface area contributed by atoms with Gasteiger partial charge in [-0.25, -0.2) is 0 Å². The fourth-order valence-electron chi connectivity index (χ4n) is 2.43. The van der Waals surface area contributed by atoms with Crippen LogP contribution in [-0.4, -0.2) is 18.0 Å². The third-order valence-electron chi connectivity index (χ3n) is 3.51. The second kappa shape index (κ2) is 7.36. The summed E-state index contributed by atoms with van der Waals surface area (Å²) in [4.78, 5) is 3.67. The third kappa shape index (κ3) is 3.92. The molecule has 20 heavy (non-hydrogen) atoms. The Labute approximate surface area is 133 Å². The lowest BCUT2D eigenvalue weighted by Crippen LogP contribution is -2.38. The Bertz CT molecular complexity index is 526. The lowest BCUT2D eigenvalue weighted by atomic mass is 10.0. The monoisotopic (exact) mass is 352 g/mol. The van der Waals surface area contributed by atoms with Crippen molar-refractivity contribution in [2.45, 2.75) is 32.0 Å². The maximum atomic E-state index is 6.36. The van der Waals surface area contributed by atoms with Gasteiger partial charge in [0.05, 0.1) is 6.04 Å². The highest BCUT2D eigenvalue weighted by Gasteiger charge is 2.24. The van der Waals surface area contributed by atoms with Gasteiger partial charge in [0.15, 0.2) is 0 Å². The van der Waals surface area contributed by atoms with Gasteiger partial charge in [-0.05, 0) is 41.0 Å². The van der Waals surface area contributed by atoms with Crippen molar-refractivity contribution in [2.24, 2.45) is 5.73 Å². The van der Waals surface area contributed by atoms with Crippen LogP contribution in [0.5, 0.6) is 0 Å². The van der Waals surface area contributed by atoms with Gasteiger partial charge in [0.2, 0.25) is 0 Å². The molecule has 0 fully saturated rings. The summed E-state index contributed by atoms with van der Waals surface area (Å²) in [6.07, 6.45) is 0.972. The first-order valence-electron chi connectivity index (χ1n) is 6.85. The topological polar surface area (TPSA) is 29.3 Å². The van der Waals surface area contributed by atoms with Crippen molar-refractivity contribution in [3.8, 4) is 0 Å². The molecule has 0 bridgehead atoms. The molecule has 2 nitrogen and oxygen atoms in total. The van der Waals surface area contributed by atoms with Gasteiger partial charge in [-0.3, -0.25) is 4.90 Å². The van der Waals surface area contributed by atoms with E-state index in [2.05, 4.69) is 76.6 Å². The second-order valence-corrected chi connectivity index (χ2v) is 6.94. The Morgan fingerprint density at radius 1 is 1.30 bits per heavy atom. The first-order valence-corrected chi connectivity index (χ1v) is 8.52. The van der Waals surface area contributed by atoms with E-state index >= 15 is 0 Å². The average Bonchev–Trinajstić information content (AvgIpc) is 2.86. The smallest absolute Gasteiger partial charge is 0.0594 e. The van der Waals surface area contributed by atoms with Crippen molar-refractivity contribution >= 4 is 27.3 Å². The molecule has 0 radical (unpaired) electrons. The number of halogens is 1. The molecule has 0 aliphatic heterocycles. The number of nitrogens with two attached hydrogens (primary N) is 1. The number of hydrogen-bond acceptors (Lipinski definition) is 3. The molecule has 0 spiro atoms. The molecule has 0 aliphatic rings. The van der Waals surface area contributed by atoms with Gasteiger partial charge in [0.25, 0.3) is 0 Å². The van der Waals surface area contributed by atoms with Crippen LogP contribution in [0.2, 0.25) is 0 Å². The van der Waals surface area contributed by atoms with Gasteiger partial charge < -0.3 is 5.73 Å². The highest BCUT2D eigenvalue weighted by atomic mass is 79.9. The minimum absolute atomic E-state index is 0.147. The Hall–Kier alpha value is -0.680. The molecule has 2 atom stereocenters. The maximum Gasteiger partial charge on any atom is 0.0594 e. The zero-order valence-electron chi connectivity index (χ0n) is 11.9. The molecular formula is C16H21BrN2S. The fraction of sp³-hybridized carbons (Fsp3) is 0.375. The van der Waals surface area contributed by atoms with Crippen molar-refractivity contribution < 1.29 is 0 Å². The van der Waals surface area contributed by atoms with Gasteiger partial charge in [-0.2, -0.15) is 0 Å². The molecule has 0 aliphatic carbocycles. The molecule has 1 heterocycles. The molecule has 4 heteroatoms. The van der Waals surface area contributed by atoms with Gasteiger partial charge in [0, 0.05) is 27.3 Å².